The van der Waals surface area contributed by atoms with E-state index in [1.165, 1.54) is 5.56 Å². The fourth-order valence-corrected chi connectivity index (χ4v) is 2.94. The van der Waals surface area contributed by atoms with E-state index in [-0.39, 0.29) is 11.9 Å². The van der Waals surface area contributed by atoms with E-state index in [1.54, 1.807) is 6.92 Å². The van der Waals surface area contributed by atoms with Gasteiger partial charge < -0.3 is 15.5 Å². The summed E-state index contributed by atoms with van der Waals surface area (Å²) in [4.78, 5) is 13.5. The van der Waals surface area contributed by atoms with Crippen LogP contribution >= 0.6 is 0 Å². The summed E-state index contributed by atoms with van der Waals surface area (Å²) in [7, 11) is 0. The number of likely N-dealkylation sites (tertiary alicyclic amines) is 1. The zero-order valence-corrected chi connectivity index (χ0v) is 13.1. The number of benzene rings is 1. The smallest absolute Gasteiger partial charge is 0.219 e. The van der Waals surface area contributed by atoms with Crippen LogP contribution in [0.4, 0.5) is 0 Å². The summed E-state index contributed by atoms with van der Waals surface area (Å²) < 4.78 is 0. The van der Waals surface area contributed by atoms with E-state index in [1.807, 2.05) is 18.2 Å². The number of carbonyl (C=O) groups excluding carboxylic acids is 1. The number of β-amino-alcohol motifs (C(OH)–C–C–N with tert-alkyl or cyclic N) is 1. The number of carbonyl (C=O) groups is 1. The lowest BCUT2D eigenvalue weighted by Gasteiger charge is -2.26. The van der Waals surface area contributed by atoms with E-state index in [4.69, 9.17) is 0 Å². The molecule has 1 aliphatic heterocycles. The number of hydrogen-bond acceptors (Lipinski definition) is 4. The van der Waals surface area contributed by atoms with Crippen LogP contribution < -0.4 is 5.32 Å². The van der Waals surface area contributed by atoms with Crippen molar-refractivity contribution in [3.05, 3.63) is 35.9 Å². The second kappa shape index (κ2) is 8.27. The molecule has 5 nitrogen and oxygen atoms in total. The zero-order valence-electron chi connectivity index (χ0n) is 13.1. The number of aryl methyl sites for hydroxylation is 1. The minimum absolute atomic E-state index is 0.0298. The lowest BCUT2D eigenvalue weighted by atomic mass is 10.1. The summed E-state index contributed by atoms with van der Waals surface area (Å²) >= 11 is 0. The summed E-state index contributed by atoms with van der Waals surface area (Å²) in [6.07, 6.45) is 0.827. The Bertz CT molecular complexity index is 466. The fraction of sp³-hybridized carbons (Fsp3) is 0.588. The number of nitrogens with zero attached hydrogens (tertiary/aromatic N) is 1. The Labute approximate surface area is 131 Å². The third kappa shape index (κ3) is 4.53. The standard InChI is InChI=1S/C17H26N2O3/c1-2-16(21)18-11-14-17(22)15(20)12-19(14)10-6-9-13-7-4-3-5-8-13/h3-5,7-8,14-15,17,20,22H,2,6,9-12H2,1H3,(H,18,21)/t14-,15-,17-/m1/s1. The van der Waals surface area contributed by atoms with Gasteiger partial charge in [0.2, 0.25) is 5.91 Å². The van der Waals surface area contributed by atoms with Crippen LogP contribution in [0.5, 0.6) is 0 Å². The molecule has 3 atom stereocenters. The van der Waals surface area contributed by atoms with Crippen LogP contribution in [0.3, 0.4) is 0 Å². The first-order valence-corrected chi connectivity index (χ1v) is 8.02. The number of aliphatic hydroxyl groups excluding tert-OH is 2. The van der Waals surface area contributed by atoms with Crippen molar-refractivity contribution >= 4 is 5.91 Å². The molecule has 1 aromatic rings. The molecule has 0 unspecified atom stereocenters. The third-order valence-electron chi connectivity index (χ3n) is 4.26. The Hall–Kier alpha value is -1.43. The van der Waals surface area contributed by atoms with Gasteiger partial charge in [-0.05, 0) is 24.9 Å². The van der Waals surface area contributed by atoms with Crippen molar-refractivity contribution in [2.24, 2.45) is 0 Å². The van der Waals surface area contributed by atoms with Gasteiger partial charge in [0, 0.05) is 19.5 Å². The number of hydrogen-bond donors (Lipinski definition) is 3. The van der Waals surface area contributed by atoms with Crippen molar-refractivity contribution in [3.8, 4) is 0 Å². The average Bonchev–Trinajstić information content (AvgIpc) is 2.80. The Morgan fingerprint density at radius 1 is 1.32 bits per heavy atom. The highest BCUT2D eigenvalue weighted by atomic mass is 16.3. The van der Waals surface area contributed by atoms with Gasteiger partial charge in [0.05, 0.1) is 18.2 Å². The molecule has 0 saturated carbocycles. The van der Waals surface area contributed by atoms with Gasteiger partial charge >= 0.3 is 0 Å². The molecule has 3 N–H and O–H groups in total. The van der Waals surface area contributed by atoms with Crippen LogP contribution in [0, 0.1) is 0 Å². The van der Waals surface area contributed by atoms with Gasteiger partial charge in [0.15, 0.2) is 0 Å². The first kappa shape index (κ1) is 16.9. The first-order chi connectivity index (χ1) is 10.6. The molecular formula is C17H26N2O3. The molecule has 0 aromatic heterocycles. The van der Waals surface area contributed by atoms with Crippen molar-refractivity contribution in [1.29, 1.82) is 0 Å². The fourth-order valence-electron chi connectivity index (χ4n) is 2.94. The van der Waals surface area contributed by atoms with Gasteiger partial charge in [-0.15, -0.1) is 0 Å². The summed E-state index contributed by atoms with van der Waals surface area (Å²) in [5.41, 5.74) is 1.29. The van der Waals surface area contributed by atoms with Crippen molar-refractivity contribution < 1.29 is 15.0 Å². The van der Waals surface area contributed by atoms with E-state index in [2.05, 4.69) is 22.3 Å². The van der Waals surface area contributed by atoms with Gasteiger partial charge in [-0.3, -0.25) is 9.69 Å². The molecule has 1 saturated heterocycles. The predicted octanol–water partition coefficient (Wildman–Crippen LogP) is 0.551. The number of amides is 1. The van der Waals surface area contributed by atoms with Gasteiger partial charge in [0.1, 0.15) is 0 Å². The normalized spacial score (nSPS) is 25.3. The maximum absolute atomic E-state index is 11.4. The monoisotopic (exact) mass is 306 g/mol. The molecule has 1 amide bonds. The van der Waals surface area contributed by atoms with Crippen LogP contribution in [-0.2, 0) is 11.2 Å². The number of rotatable bonds is 7. The van der Waals surface area contributed by atoms with Crippen LogP contribution in [0.2, 0.25) is 0 Å². The molecule has 0 spiro atoms. The van der Waals surface area contributed by atoms with Crippen molar-refractivity contribution in [2.45, 2.75) is 44.4 Å². The lowest BCUT2D eigenvalue weighted by molar-refractivity contribution is -0.121. The largest absolute Gasteiger partial charge is 0.389 e. The Morgan fingerprint density at radius 3 is 2.73 bits per heavy atom. The Balaban J connectivity index is 1.83. The maximum Gasteiger partial charge on any atom is 0.219 e. The van der Waals surface area contributed by atoms with Gasteiger partial charge in [-0.1, -0.05) is 37.3 Å². The van der Waals surface area contributed by atoms with Gasteiger partial charge in [0.25, 0.3) is 0 Å². The highest BCUT2D eigenvalue weighted by molar-refractivity contribution is 5.75. The second-order valence-corrected chi connectivity index (χ2v) is 5.87. The van der Waals surface area contributed by atoms with Crippen molar-refractivity contribution in [2.75, 3.05) is 19.6 Å². The van der Waals surface area contributed by atoms with Crippen molar-refractivity contribution in [3.63, 3.8) is 0 Å². The van der Waals surface area contributed by atoms with E-state index >= 15 is 0 Å². The molecule has 1 aliphatic rings. The molecule has 0 bridgehead atoms. The molecule has 0 aliphatic carbocycles. The molecule has 1 heterocycles. The Morgan fingerprint density at radius 2 is 2.05 bits per heavy atom. The zero-order chi connectivity index (χ0) is 15.9. The van der Waals surface area contributed by atoms with Gasteiger partial charge in [-0.2, -0.15) is 0 Å². The van der Waals surface area contributed by atoms with Crippen LogP contribution in [0.15, 0.2) is 30.3 Å². The minimum Gasteiger partial charge on any atom is -0.389 e. The highest BCUT2D eigenvalue weighted by Crippen LogP contribution is 2.19. The minimum atomic E-state index is -0.797. The van der Waals surface area contributed by atoms with Crippen molar-refractivity contribution in [1.82, 2.24) is 10.2 Å². The number of nitrogens with one attached hydrogen (secondary N) is 1. The molecular weight excluding hydrogens is 280 g/mol. The summed E-state index contributed by atoms with van der Waals surface area (Å²) in [6.45, 7) is 3.45. The molecule has 22 heavy (non-hydrogen) atoms. The summed E-state index contributed by atoms with van der Waals surface area (Å²) in [6, 6.07) is 10.1. The average molecular weight is 306 g/mol. The predicted molar refractivity (Wildman–Crippen MR) is 85.4 cm³/mol. The molecule has 122 valence electrons. The quantitative estimate of drug-likeness (QED) is 0.688. The SMILES string of the molecule is CCC(=O)NC[C@@H]1[C@@H](O)[C@H](O)CN1CCCc1ccccc1. The van der Waals surface area contributed by atoms with E-state index in [0.717, 1.165) is 19.4 Å². The Kier molecular flexibility index (Phi) is 6.36. The molecule has 2 rings (SSSR count). The van der Waals surface area contributed by atoms with E-state index in [0.29, 0.717) is 19.5 Å². The molecule has 1 aromatic carbocycles. The summed E-state index contributed by atoms with van der Waals surface area (Å²) in [5.74, 6) is -0.0298. The molecule has 0 radical (unpaired) electrons. The topological polar surface area (TPSA) is 72.8 Å². The van der Waals surface area contributed by atoms with Gasteiger partial charge in [-0.25, -0.2) is 0 Å². The van der Waals surface area contributed by atoms with Crippen LogP contribution in [-0.4, -0.2) is 58.9 Å². The van der Waals surface area contributed by atoms with E-state index in [9.17, 15) is 15.0 Å². The summed E-state index contributed by atoms with van der Waals surface area (Å²) in [5, 5.41) is 22.8. The highest BCUT2D eigenvalue weighted by Gasteiger charge is 2.39. The third-order valence-corrected chi connectivity index (χ3v) is 4.26. The molecule has 5 heteroatoms. The van der Waals surface area contributed by atoms with E-state index < -0.39 is 12.2 Å². The maximum atomic E-state index is 11.4. The first-order valence-electron chi connectivity index (χ1n) is 8.02. The van der Waals surface area contributed by atoms with Crippen LogP contribution in [0.1, 0.15) is 25.3 Å². The van der Waals surface area contributed by atoms with Crippen LogP contribution in [0.25, 0.3) is 0 Å². The molecule has 1 fully saturated rings. The lowest BCUT2D eigenvalue weighted by Crippen LogP contribution is -2.45. The second-order valence-electron chi connectivity index (χ2n) is 5.87. The number of aliphatic hydroxyl groups is 2.